The van der Waals surface area contributed by atoms with Gasteiger partial charge in [-0.15, -0.1) is 10.2 Å². The first-order valence-corrected chi connectivity index (χ1v) is 6.92. The highest BCUT2D eigenvalue weighted by molar-refractivity contribution is 5.40. The van der Waals surface area contributed by atoms with Crippen molar-refractivity contribution in [1.82, 2.24) is 20.2 Å². The lowest BCUT2D eigenvalue weighted by Crippen LogP contribution is -2.41. The van der Waals surface area contributed by atoms with Crippen molar-refractivity contribution in [3.8, 4) is 0 Å². The van der Waals surface area contributed by atoms with Gasteiger partial charge in [0, 0.05) is 26.2 Å². The summed E-state index contributed by atoms with van der Waals surface area (Å²) >= 11 is 0. The number of hydrazine groups is 2. The number of anilines is 2. The van der Waals surface area contributed by atoms with E-state index in [0.29, 0.717) is 0 Å². The Morgan fingerprint density at radius 3 is 1.50 bits per heavy atom. The molecule has 8 nitrogen and oxygen atoms in total. The van der Waals surface area contributed by atoms with Crippen LogP contribution in [0, 0.1) is 0 Å². The van der Waals surface area contributed by atoms with Crippen molar-refractivity contribution in [2.24, 2.45) is 0 Å². The van der Waals surface area contributed by atoms with Gasteiger partial charge >= 0.3 is 0 Å². The minimum atomic E-state index is 0.747. The molecule has 0 aliphatic carbocycles. The molecule has 3 heterocycles. The Labute approximate surface area is 118 Å². The number of nitrogens with one attached hydrogen (secondary N) is 2. The van der Waals surface area contributed by atoms with Gasteiger partial charge in [0.15, 0.2) is 11.6 Å². The van der Waals surface area contributed by atoms with E-state index in [1.165, 1.54) is 0 Å². The molecule has 0 atom stereocenters. The maximum absolute atomic E-state index is 5.30. The van der Waals surface area contributed by atoms with Crippen LogP contribution in [-0.4, -0.2) is 72.8 Å². The van der Waals surface area contributed by atoms with Gasteiger partial charge in [0.25, 0.3) is 0 Å². The molecule has 3 rings (SSSR count). The van der Waals surface area contributed by atoms with E-state index in [2.05, 4.69) is 31.1 Å². The third kappa shape index (κ3) is 3.76. The maximum atomic E-state index is 5.30. The van der Waals surface area contributed by atoms with Crippen molar-refractivity contribution in [1.29, 1.82) is 0 Å². The lowest BCUT2D eigenvalue weighted by Gasteiger charge is -2.28. The van der Waals surface area contributed by atoms with Crippen molar-refractivity contribution in [2.75, 3.05) is 63.5 Å². The Balaban J connectivity index is 1.51. The summed E-state index contributed by atoms with van der Waals surface area (Å²) in [7, 11) is 0. The van der Waals surface area contributed by atoms with Gasteiger partial charge in [0.05, 0.1) is 26.4 Å². The molecule has 8 heteroatoms. The fraction of sp³-hybridized carbons (Fsp3) is 0.667. The molecule has 2 fully saturated rings. The van der Waals surface area contributed by atoms with Crippen LogP contribution in [0.5, 0.6) is 0 Å². The van der Waals surface area contributed by atoms with Crippen molar-refractivity contribution in [3.63, 3.8) is 0 Å². The quantitative estimate of drug-likeness (QED) is 0.785. The number of nitrogens with zero attached hydrogens (tertiary/aromatic N) is 4. The summed E-state index contributed by atoms with van der Waals surface area (Å²) in [6.07, 6.45) is 0. The van der Waals surface area contributed by atoms with Gasteiger partial charge in [-0.2, -0.15) is 0 Å². The zero-order valence-corrected chi connectivity index (χ0v) is 11.4. The molecule has 2 aliphatic rings. The summed E-state index contributed by atoms with van der Waals surface area (Å²) in [4.78, 5) is 0. The molecule has 2 saturated heterocycles. The number of hydrogen-bond acceptors (Lipinski definition) is 8. The van der Waals surface area contributed by atoms with Gasteiger partial charge in [-0.1, -0.05) is 0 Å². The second-order valence-corrected chi connectivity index (χ2v) is 4.73. The lowest BCUT2D eigenvalue weighted by molar-refractivity contribution is 0.0490. The molecule has 0 unspecified atom stereocenters. The van der Waals surface area contributed by atoms with Gasteiger partial charge in [-0.05, 0) is 12.1 Å². The molecule has 0 amide bonds. The zero-order chi connectivity index (χ0) is 13.6. The van der Waals surface area contributed by atoms with Crippen LogP contribution in [-0.2, 0) is 9.47 Å². The molecule has 0 radical (unpaired) electrons. The highest BCUT2D eigenvalue weighted by Gasteiger charge is 2.12. The second-order valence-electron chi connectivity index (χ2n) is 4.73. The van der Waals surface area contributed by atoms with Crippen molar-refractivity contribution in [2.45, 2.75) is 0 Å². The molecule has 1 aromatic heterocycles. The average Bonchev–Trinajstić information content (AvgIpc) is 2.51. The van der Waals surface area contributed by atoms with Gasteiger partial charge in [-0.25, -0.2) is 10.0 Å². The Morgan fingerprint density at radius 2 is 1.15 bits per heavy atom. The van der Waals surface area contributed by atoms with Gasteiger partial charge in [0.1, 0.15) is 0 Å². The predicted octanol–water partition coefficient (Wildman–Crippen LogP) is -0.205. The molecule has 2 N–H and O–H groups in total. The predicted molar refractivity (Wildman–Crippen MR) is 74.1 cm³/mol. The van der Waals surface area contributed by atoms with Crippen LogP contribution in [0.3, 0.4) is 0 Å². The standard InChI is InChI=1S/C12H20N6O2/c1-2-12(16-18-5-9-20-10-6-18)14-13-11(1)15-17-3-7-19-8-4-17/h1-2H,3-10H2,(H,13,15)(H,14,16). The molecule has 2 aliphatic heterocycles. The minimum Gasteiger partial charge on any atom is -0.379 e. The Kier molecular flexibility index (Phi) is 4.59. The lowest BCUT2D eigenvalue weighted by atomic mass is 10.4. The number of aromatic nitrogens is 2. The summed E-state index contributed by atoms with van der Waals surface area (Å²) in [5.41, 5.74) is 6.46. The molecular formula is C12H20N6O2. The molecular weight excluding hydrogens is 260 g/mol. The molecule has 0 saturated carbocycles. The number of rotatable bonds is 4. The molecule has 1 aromatic rings. The third-order valence-corrected chi connectivity index (χ3v) is 3.23. The van der Waals surface area contributed by atoms with E-state index in [9.17, 15) is 0 Å². The highest BCUT2D eigenvalue weighted by Crippen LogP contribution is 2.09. The van der Waals surface area contributed by atoms with E-state index in [0.717, 1.165) is 64.2 Å². The Hall–Kier alpha value is -1.48. The summed E-state index contributed by atoms with van der Waals surface area (Å²) < 4.78 is 10.6. The SMILES string of the molecule is c1cc(NN2CCOCC2)nnc1NN1CCOCC1. The van der Waals surface area contributed by atoms with Crippen LogP contribution >= 0.6 is 0 Å². The van der Waals surface area contributed by atoms with Crippen LogP contribution < -0.4 is 10.9 Å². The van der Waals surface area contributed by atoms with Crippen LogP contribution in [0.2, 0.25) is 0 Å². The molecule has 0 spiro atoms. The molecule has 0 aromatic carbocycles. The van der Waals surface area contributed by atoms with Gasteiger partial charge in [-0.3, -0.25) is 0 Å². The van der Waals surface area contributed by atoms with E-state index in [-0.39, 0.29) is 0 Å². The van der Waals surface area contributed by atoms with E-state index in [4.69, 9.17) is 9.47 Å². The Bertz CT molecular complexity index is 364. The zero-order valence-electron chi connectivity index (χ0n) is 11.4. The van der Waals surface area contributed by atoms with E-state index >= 15 is 0 Å². The fourth-order valence-corrected chi connectivity index (χ4v) is 2.13. The Morgan fingerprint density at radius 1 is 0.750 bits per heavy atom. The van der Waals surface area contributed by atoms with E-state index in [1.807, 2.05) is 12.1 Å². The van der Waals surface area contributed by atoms with Gasteiger partial charge in [0.2, 0.25) is 0 Å². The average molecular weight is 280 g/mol. The van der Waals surface area contributed by atoms with Crippen LogP contribution in [0.1, 0.15) is 0 Å². The van der Waals surface area contributed by atoms with Crippen LogP contribution in [0.25, 0.3) is 0 Å². The molecule has 20 heavy (non-hydrogen) atoms. The first-order valence-electron chi connectivity index (χ1n) is 6.92. The highest BCUT2D eigenvalue weighted by atomic mass is 16.5. The second kappa shape index (κ2) is 6.80. The summed E-state index contributed by atoms with van der Waals surface area (Å²) in [6, 6.07) is 3.84. The maximum Gasteiger partial charge on any atom is 0.163 e. The third-order valence-electron chi connectivity index (χ3n) is 3.23. The number of hydrogen-bond donors (Lipinski definition) is 2. The largest absolute Gasteiger partial charge is 0.379 e. The topological polar surface area (TPSA) is 74.8 Å². The number of morpholine rings is 2. The first kappa shape index (κ1) is 13.5. The van der Waals surface area contributed by atoms with E-state index < -0.39 is 0 Å². The first-order chi connectivity index (χ1) is 9.90. The normalized spacial score (nSPS) is 21.6. The van der Waals surface area contributed by atoms with Crippen molar-refractivity contribution in [3.05, 3.63) is 12.1 Å². The summed E-state index contributed by atoms with van der Waals surface area (Å²) in [5, 5.41) is 12.5. The summed E-state index contributed by atoms with van der Waals surface area (Å²) in [6.45, 7) is 6.41. The van der Waals surface area contributed by atoms with Gasteiger partial charge < -0.3 is 20.3 Å². The number of ether oxygens (including phenoxy) is 2. The summed E-state index contributed by atoms with van der Waals surface area (Å²) in [5.74, 6) is 1.50. The van der Waals surface area contributed by atoms with Crippen LogP contribution in [0.4, 0.5) is 11.6 Å². The molecule has 0 bridgehead atoms. The minimum absolute atomic E-state index is 0.747. The fourth-order valence-electron chi connectivity index (χ4n) is 2.13. The van der Waals surface area contributed by atoms with Crippen molar-refractivity contribution < 1.29 is 9.47 Å². The van der Waals surface area contributed by atoms with Crippen LogP contribution in [0.15, 0.2) is 12.1 Å². The van der Waals surface area contributed by atoms with Crippen molar-refractivity contribution >= 4 is 11.6 Å². The smallest absolute Gasteiger partial charge is 0.163 e. The monoisotopic (exact) mass is 280 g/mol. The van der Waals surface area contributed by atoms with E-state index in [1.54, 1.807) is 0 Å². The molecule has 110 valence electrons.